The maximum Gasteiger partial charge on any atom is 0.416 e. The first-order chi connectivity index (χ1) is 15.5. The third kappa shape index (κ3) is 6.45. The first kappa shape index (κ1) is 26.4. The Bertz CT molecular complexity index is 1120. The second kappa shape index (κ2) is 9.09. The molecule has 1 saturated heterocycles. The van der Waals surface area contributed by atoms with Gasteiger partial charge in [-0.3, -0.25) is 4.79 Å². The van der Waals surface area contributed by atoms with Gasteiger partial charge in [-0.25, -0.2) is 4.68 Å². The van der Waals surface area contributed by atoms with E-state index < -0.39 is 23.2 Å². The number of nitrogens with zero attached hydrogens (tertiary/aromatic N) is 3. The second-order valence-corrected chi connectivity index (χ2v) is 11.6. The number of benzene rings is 1. The molecule has 2 aromatic rings. The summed E-state index contributed by atoms with van der Waals surface area (Å²) in [5.41, 5.74) is -3.05. The smallest absolute Gasteiger partial charge is 0.416 e. The summed E-state index contributed by atoms with van der Waals surface area (Å²) >= 11 is 1.22. The molecule has 1 aliphatic rings. The molecule has 1 aromatic carbocycles. The number of alkyl halides is 3. The van der Waals surface area contributed by atoms with Crippen LogP contribution in [0.4, 0.5) is 13.2 Å². The van der Waals surface area contributed by atoms with E-state index in [0.717, 1.165) is 23.2 Å². The van der Waals surface area contributed by atoms with Crippen molar-refractivity contribution in [3.05, 3.63) is 39.1 Å². The predicted octanol–water partition coefficient (Wildman–Crippen LogP) is 4.19. The Morgan fingerprint density at radius 2 is 1.91 bits per heavy atom. The van der Waals surface area contributed by atoms with Crippen molar-refractivity contribution in [3.63, 3.8) is 0 Å². The van der Waals surface area contributed by atoms with Crippen LogP contribution in [-0.4, -0.2) is 46.2 Å². The van der Waals surface area contributed by atoms with Crippen LogP contribution in [0.5, 0.6) is 5.75 Å². The minimum Gasteiger partial charge on any atom is -0.490 e. The highest BCUT2D eigenvalue weighted by atomic mass is 32.1. The molecule has 3 rings (SSSR count). The Balaban J connectivity index is 2.07. The Morgan fingerprint density at radius 1 is 1.26 bits per heavy atom. The summed E-state index contributed by atoms with van der Waals surface area (Å²) in [5.74, 6) is -0.972. The van der Waals surface area contributed by atoms with E-state index in [1.807, 2.05) is 27.7 Å². The molecule has 0 radical (unpaired) electrons. The van der Waals surface area contributed by atoms with Gasteiger partial charge in [0, 0.05) is 10.8 Å². The van der Waals surface area contributed by atoms with Crippen LogP contribution in [0.25, 0.3) is 0 Å². The Hall–Kier alpha value is -2.24. The van der Waals surface area contributed by atoms with Crippen molar-refractivity contribution >= 4 is 17.2 Å². The molecule has 0 saturated carbocycles. The highest BCUT2D eigenvalue weighted by Crippen LogP contribution is 2.33. The molecular weight excluding hydrogens is 471 g/mol. The standard InChI is InChI=1S/C23H30F3N3O4S/c1-20(2,3)18-28-29(10-22(6)12-32-13-22)19(34-18)27-17(30)15-9-14(23(24,25)26)7-8-16(15)33-11-21(4,5)31/h7-9,31H,10-13H2,1-6H3. The van der Waals surface area contributed by atoms with Crippen LogP contribution in [0.15, 0.2) is 23.2 Å². The molecule has 1 fully saturated rings. The maximum atomic E-state index is 13.3. The van der Waals surface area contributed by atoms with Gasteiger partial charge in [0.1, 0.15) is 17.4 Å². The number of carbonyl (C=O) groups excluding carboxylic acids is 1. The maximum absolute atomic E-state index is 13.3. The van der Waals surface area contributed by atoms with Crippen molar-refractivity contribution in [1.82, 2.24) is 9.78 Å². The number of amides is 1. The summed E-state index contributed by atoms with van der Waals surface area (Å²) in [5, 5.41) is 15.3. The number of hydrogen-bond donors (Lipinski definition) is 1. The normalized spacial score (nSPS) is 16.9. The van der Waals surface area contributed by atoms with Crippen LogP contribution < -0.4 is 9.54 Å². The number of halogens is 3. The third-order valence-corrected chi connectivity index (χ3v) is 6.38. The van der Waals surface area contributed by atoms with Crippen molar-refractivity contribution in [3.8, 4) is 5.75 Å². The second-order valence-electron chi connectivity index (χ2n) is 10.6. The molecule has 0 bridgehead atoms. The molecule has 0 unspecified atom stereocenters. The lowest BCUT2D eigenvalue weighted by atomic mass is 9.89. The average Bonchev–Trinajstić information content (AvgIpc) is 3.06. The minimum atomic E-state index is -4.65. The zero-order valence-electron chi connectivity index (χ0n) is 20.1. The summed E-state index contributed by atoms with van der Waals surface area (Å²) in [6.45, 7) is 12.3. The van der Waals surface area contributed by atoms with Crippen LogP contribution in [0, 0.1) is 5.41 Å². The van der Waals surface area contributed by atoms with Gasteiger partial charge in [-0.2, -0.15) is 23.3 Å². The molecule has 34 heavy (non-hydrogen) atoms. The van der Waals surface area contributed by atoms with Gasteiger partial charge >= 0.3 is 6.18 Å². The number of aromatic nitrogens is 2. The Morgan fingerprint density at radius 3 is 2.41 bits per heavy atom. The molecule has 1 aromatic heterocycles. The molecular formula is C23H30F3N3O4S. The van der Waals surface area contributed by atoms with E-state index in [2.05, 4.69) is 10.1 Å². The Labute approximate surface area is 200 Å². The lowest BCUT2D eigenvalue weighted by Gasteiger charge is -2.37. The largest absolute Gasteiger partial charge is 0.490 e. The van der Waals surface area contributed by atoms with Crippen LogP contribution in [0.2, 0.25) is 0 Å². The van der Waals surface area contributed by atoms with Gasteiger partial charge in [-0.15, -0.1) is 0 Å². The first-order valence-electron chi connectivity index (χ1n) is 10.8. The van der Waals surface area contributed by atoms with Gasteiger partial charge in [0.2, 0.25) is 4.80 Å². The Kier molecular flexibility index (Phi) is 7.05. The van der Waals surface area contributed by atoms with Crippen molar-refractivity contribution in [1.29, 1.82) is 0 Å². The third-order valence-electron chi connectivity index (χ3n) is 5.01. The number of ether oxygens (including phenoxy) is 2. The van der Waals surface area contributed by atoms with E-state index in [4.69, 9.17) is 9.47 Å². The zero-order valence-corrected chi connectivity index (χ0v) is 20.9. The molecule has 0 spiro atoms. The SMILES string of the molecule is CC(C)(O)COc1ccc(C(F)(F)F)cc1C(=O)N=c1sc(C(C)(C)C)nn1CC1(C)COC1. The number of carbonyl (C=O) groups is 1. The molecule has 1 aliphatic heterocycles. The van der Waals surface area contributed by atoms with Gasteiger partial charge in [0.05, 0.1) is 36.5 Å². The fraction of sp³-hybridized carbons (Fsp3) is 0.609. The van der Waals surface area contributed by atoms with Crippen LogP contribution in [-0.2, 0) is 22.9 Å². The highest BCUT2D eigenvalue weighted by molar-refractivity contribution is 7.09. The molecule has 1 N–H and O–H groups in total. The fourth-order valence-corrected chi connectivity index (χ4v) is 4.06. The average molecular weight is 502 g/mol. The summed E-state index contributed by atoms with van der Waals surface area (Å²) in [7, 11) is 0. The molecule has 1 amide bonds. The lowest BCUT2D eigenvalue weighted by molar-refractivity contribution is -0.137. The quantitative estimate of drug-likeness (QED) is 0.642. The topological polar surface area (TPSA) is 85.9 Å². The summed E-state index contributed by atoms with van der Waals surface area (Å²) < 4.78 is 52.5. The van der Waals surface area contributed by atoms with E-state index >= 15 is 0 Å². The first-order valence-corrected chi connectivity index (χ1v) is 11.6. The van der Waals surface area contributed by atoms with Crippen LogP contribution >= 0.6 is 11.3 Å². The summed E-state index contributed by atoms with van der Waals surface area (Å²) in [6, 6.07) is 2.63. The van der Waals surface area contributed by atoms with Crippen molar-refractivity contribution < 1.29 is 32.5 Å². The van der Waals surface area contributed by atoms with Gasteiger partial charge < -0.3 is 14.6 Å². The highest BCUT2D eigenvalue weighted by Gasteiger charge is 2.36. The lowest BCUT2D eigenvalue weighted by Crippen LogP contribution is -2.45. The van der Waals surface area contributed by atoms with Crippen molar-refractivity contribution in [2.45, 2.75) is 65.3 Å². The molecule has 2 heterocycles. The minimum absolute atomic E-state index is 0.0876. The molecule has 11 heteroatoms. The van der Waals surface area contributed by atoms with E-state index in [-0.39, 0.29) is 33.6 Å². The van der Waals surface area contributed by atoms with Crippen LogP contribution in [0.1, 0.15) is 62.5 Å². The molecule has 0 atom stereocenters. The number of hydrogen-bond acceptors (Lipinski definition) is 6. The molecule has 188 valence electrons. The van der Waals surface area contributed by atoms with Crippen molar-refractivity contribution in [2.24, 2.45) is 10.4 Å². The summed E-state index contributed by atoms with van der Waals surface area (Å²) in [6.07, 6.45) is -4.65. The van der Waals surface area contributed by atoms with Gasteiger partial charge in [-0.1, -0.05) is 39.0 Å². The van der Waals surface area contributed by atoms with Gasteiger partial charge in [-0.05, 0) is 32.0 Å². The number of rotatable bonds is 6. The summed E-state index contributed by atoms with van der Waals surface area (Å²) in [4.78, 5) is 17.6. The zero-order chi connectivity index (χ0) is 25.5. The van der Waals surface area contributed by atoms with E-state index in [9.17, 15) is 23.1 Å². The van der Waals surface area contributed by atoms with Crippen LogP contribution in [0.3, 0.4) is 0 Å². The van der Waals surface area contributed by atoms with Crippen molar-refractivity contribution in [2.75, 3.05) is 19.8 Å². The van der Waals surface area contributed by atoms with Gasteiger partial charge in [0.15, 0.2) is 0 Å². The van der Waals surface area contributed by atoms with E-state index in [1.54, 1.807) is 4.68 Å². The van der Waals surface area contributed by atoms with Gasteiger partial charge in [0.25, 0.3) is 5.91 Å². The molecule has 0 aliphatic carbocycles. The monoisotopic (exact) mass is 501 g/mol. The molecule has 7 nitrogen and oxygen atoms in total. The predicted molar refractivity (Wildman–Crippen MR) is 121 cm³/mol. The fourth-order valence-electron chi connectivity index (χ4n) is 3.10. The van der Waals surface area contributed by atoms with E-state index in [1.165, 1.54) is 25.2 Å². The van der Waals surface area contributed by atoms with E-state index in [0.29, 0.717) is 19.8 Å². The number of aliphatic hydroxyl groups is 1.